The van der Waals surface area contributed by atoms with Gasteiger partial charge in [-0.2, -0.15) is 0 Å². The largest absolute Gasteiger partial charge is 0.490 e. The third-order valence-corrected chi connectivity index (χ3v) is 5.63. The van der Waals surface area contributed by atoms with Crippen molar-refractivity contribution in [2.75, 3.05) is 18.4 Å². The van der Waals surface area contributed by atoms with E-state index >= 15 is 0 Å². The first-order valence-electron chi connectivity index (χ1n) is 9.55. The van der Waals surface area contributed by atoms with E-state index in [1.165, 1.54) is 12.8 Å². The zero-order valence-electron chi connectivity index (χ0n) is 15.3. The van der Waals surface area contributed by atoms with Crippen LogP contribution in [-0.4, -0.2) is 41.3 Å². The molecule has 1 aliphatic carbocycles. The zero-order valence-corrected chi connectivity index (χ0v) is 15.3. The minimum Gasteiger partial charge on any atom is -0.490 e. The van der Waals surface area contributed by atoms with Gasteiger partial charge in [-0.3, -0.25) is 0 Å². The lowest BCUT2D eigenvalue weighted by Crippen LogP contribution is -2.42. The van der Waals surface area contributed by atoms with E-state index in [4.69, 9.17) is 4.74 Å². The fourth-order valence-electron chi connectivity index (χ4n) is 3.84. The molecule has 2 amide bonds. The molecule has 0 aromatic heterocycles. The summed E-state index contributed by atoms with van der Waals surface area (Å²) in [4.78, 5) is 14.4. The van der Waals surface area contributed by atoms with Crippen LogP contribution in [0.3, 0.4) is 0 Å². The van der Waals surface area contributed by atoms with Gasteiger partial charge < -0.3 is 20.1 Å². The summed E-state index contributed by atoms with van der Waals surface area (Å²) < 4.78 is 6.12. The Morgan fingerprint density at radius 3 is 2.56 bits per heavy atom. The van der Waals surface area contributed by atoms with Gasteiger partial charge in [-0.25, -0.2) is 4.79 Å². The Hall–Kier alpha value is -1.75. The van der Waals surface area contributed by atoms with Crippen molar-refractivity contribution in [1.82, 2.24) is 4.90 Å². The smallest absolute Gasteiger partial charge is 0.321 e. The second-order valence-electron chi connectivity index (χ2n) is 7.45. The Bertz CT molecular complexity index is 589. The number of carbonyl (C=O) groups is 1. The summed E-state index contributed by atoms with van der Waals surface area (Å²) >= 11 is 0. The van der Waals surface area contributed by atoms with Gasteiger partial charge in [-0.15, -0.1) is 0 Å². The molecule has 5 nitrogen and oxygen atoms in total. The Kier molecular flexibility index (Phi) is 5.84. The summed E-state index contributed by atoms with van der Waals surface area (Å²) in [6.45, 7) is 5.22. The SMILES string of the molecule is Cc1c(NC(=O)N2CCC([C@@H](C)O)CC2)cccc1OC1CCCC1. The molecule has 0 bridgehead atoms. The number of ether oxygens (including phenoxy) is 1. The molecule has 0 radical (unpaired) electrons. The number of rotatable bonds is 4. The van der Waals surface area contributed by atoms with E-state index in [-0.39, 0.29) is 12.1 Å². The normalized spacial score (nSPS) is 20.5. The third kappa shape index (κ3) is 4.46. The molecule has 1 heterocycles. The van der Waals surface area contributed by atoms with Crippen molar-refractivity contribution in [3.63, 3.8) is 0 Å². The number of benzene rings is 1. The van der Waals surface area contributed by atoms with Crippen molar-refractivity contribution in [1.29, 1.82) is 0 Å². The first-order valence-corrected chi connectivity index (χ1v) is 9.55. The number of nitrogens with one attached hydrogen (secondary N) is 1. The highest BCUT2D eigenvalue weighted by Gasteiger charge is 2.26. The molecular formula is C20H30N2O3. The van der Waals surface area contributed by atoms with Gasteiger partial charge in [0.1, 0.15) is 5.75 Å². The second kappa shape index (κ2) is 8.09. The van der Waals surface area contributed by atoms with Crippen LogP contribution in [0.2, 0.25) is 0 Å². The molecule has 1 atom stereocenters. The highest BCUT2D eigenvalue weighted by atomic mass is 16.5. The van der Waals surface area contributed by atoms with Crippen LogP contribution in [0.1, 0.15) is 51.0 Å². The Morgan fingerprint density at radius 2 is 1.92 bits per heavy atom. The fourth-order valence-corrected chi connectivity index (χ4v) is 3.84. The lowest BCUT2D eigenvalue weighted by Gasteiger charge is -2.33. The van der Waals surface area contributed by atoms with Gasteiger partial charge in [-0.05, 0) is 70.4 Å². The average Bonchev–Trinajstić information content (AvgIpc) is 3.11. The molecule has 1 saturated carbocycles. The minimum atomic E-state index is -0.295. The van der Waals surface area contributed by atoms with E-state index in [2.05, 4.69) is 5.32 Å². The first-order chi connectivity index (χ1) is 12.0. The molecule has 1 aliphatic heterocycles. The number of piperidine rings is 1. The van der Waals surface area contributed by atoms with Gasteiger partial charge in [0.25, 0.3) is 0 Å². The molecule has 138 valence electrons. The maximum absolute atomic E-state index is 12.6. The molecule has 2 aliphatic rings. The number of amides is 2. The van der Waals surface area contributed by atoms with Crippen LogP contribution < -0.4 is 10.1 Å². The predicted molar refractivity (Wildman–Crippen MR) is 99.1 cm³/mol. The van der Waals surface area contributed by atoms with E-state index < -0.39 is 0 Å². The maximum Gasteiger partial charge on any atom is 0.321 e. The third-order valence-electron chi connectivity index (χ3n) is 5.63. The van der Waals surface area contributed by atoms with E-state index in [9.17, 15) is 9.90 Å². The number of aliphatic hydroxyl groups excluding tert-OH is 1. The van der Waals surface area contributed by atoms with E-state index in [0.717, 1.165) is 42.7 Å². The van der Waals surface area contributed by atoms with Gasteiger partial charge in [0, 0.05) is 24.3 Å². The minimum absolute atomic E-state index is 0.0647. The van der Waals surface area contributed by atoms with Crippen molar-refractivity contribution in [3.8, 4) is 5.75 Å². The molecule has 25 heavy (non-hydrogen) atoms. The maximum atomic E-state index is 12.6. The number of aliphatic hydroxyl groups is 1. The molecule has 1 aromatic rings. The molecule has 1 saturated heterocycles. The number of carbonyl (C=O) groups excluding carboxylic acids is 1. The monoisotopic (exact) mass is 346 g/mol. The van der Waals surface area contributed by atoms with Crippen molar-refractivity contribution in [3.05, 3.63) is 23.8 Å². The number of hydrogen-bond donors (Lipinski definition) is 2. The highest BCUT2D eigenvalue weighted by Crippen LogP contribution is 2.30. The quantitative estimate of drug-likeness (QED) is 0.868. The van der Waals surface area contributed by atoms with Crippen LogP contribution in [-0.2, 0) is 0 Å². The summed E-state index contributed by atoms with van der Waals surface area (Å²) in [5.74, 6) is 1.17. The van der Waals surface area contributed by atoms with Gasteiger partial charge >= 0.3 is 6.03 Å². The van der Waals surface area contributed by atoms with Gasteiger partial charge in [0.15, 0.2) is 0 Å². The van der Waals surface area contributed by atoms with Gasteiger partial charge in [-0.1, -0.05) is 6.07 Å². The lowest BCUT2D eigenvalue weighted by molar-refractivity contribution is 0.0820. The van der Waals surface area contributed by atoms with Crippen LogP contribution in [0.4, 0.5) is 10.5 Å². The second-order valence-corrected chi connectivity index (χ2v) is 7.45. The Balaban J connectivity index is 1.59. The number of likely N-dealkylation sites (tertiary alicyclic amines) is 1. The van der Waals surface area contributed by atoms with E-state index in [1.54, 1.807) is 0 Å². The Morgan fingerprint density at radius 1 is 1.24 bits per heavy atom. The lowest BCUT2D eigenvalue weighted by atomic mass is 9.92. The summed E-state index contributed by atoms with van der Waals surface area (Å²) in [5.41, 5.74) is 1.81. The summed E-state index contributed by atoms with van der Waals surface area (Å²) in [6, 6.07) is 5.78. The predicted octanol–water partition coefficient (Wildman–Crippen LogP) is 3.94. The van der Waals surface area contributed by atoms with Gasteiger partial charge in [0.2, 0.25) is 0 Å². The van der Waals surface area contributed by atoms with Crippen LogP contribution in [0.25, 0.3) is 0 Å². The molecule has 5 heteroatoms. The van der Waals surface area contributed by atoms with Crippen LogP contribution in [0.15, 0.2) is 18.2 Å². The van der Waals surface area contributed by atoms with Crippen molar-refractivity contribution in [2.24, 2.45) is 5.92 Å². The number of anilines is 1. The standard InChI is InChI=1S/C20H30N2O3/c1-14-18(8-5-9-19(14)25-17-6-3-4-7-17)21-20(24)22-12-10-16(11-13-22)15(2)23/h5,8-9,15-17,23H,3-4,6-7,10-13H2,1-2H3,(H,21,24)/t15-/m1/s1. The van der Waals surface area contributed by atoms with Crippen LogP contribution in [0, 0.1) is 12.8 Å². The first kappa shape index (κ1) is 18.1. The fraction of sp³-hybridized carbons (Fsp3) is 0.650. The summed E-state index contributed by atoms with van der Waals surface area (Å²) in [5, 5.41) is 12.7. The number of urea groups is 1. The zero-order chi connectivity index (χ0) is 17.8. The number of nitrogens with zero attached hydrogens (tertiary/aromatic N) is 1. The Labute approximate surface area is 150 Å². The topological polar surface area (TPSA) is 61.8 Å². The van der Waals surface area contributed by atoms with Crippen LogP contribution >= 0.6 is 0 Å². The van der Waals surface area contributed by atoms with Gasteiger partial charge in [0.05, 0.1) is 12.2 Å². The molecule has 0 unspecified atom stereocenters. The molecule has 2 fully saturated rings. The molecule has 3 rings (SSSR count). The molecule has 1 aromatic carbocycles. The number of hydrogen-bond acceptors (Lipinski definition) is 3. The van der Waals surface area contributed by atoms with E-state index in [0.29, 0.717) is 25.1 Å². The van der Waals surface area contributed by atoms with Crippen molar-refractivity contribution in [2.45, 2.75) is 64.6 Å². The molecule has 0 spiro atoms. The van der Waals surface area contributed by atoms with Crippen molar-refractivity contribution >= 4 is 11.7 Å². The van der Waals surface area contributed by atoms with Crippen LogP contribution in [0.5, 0.6) is 5.75 Å². The average molecular weight is 346 g/mol. The highest BCUT2D eigenvalue weighted by molar-refractivity contribution is 5.90. The molecule has 2 N–H and O–H groups in total. The van der Waals surface area contributed by atoms with Crippen molar-refractivity contribution < 1.29 is 14.6 Å². The summed E-state index contributed by atoms with van der Waals surface area (Å²) in [6.07, 6.45) is 6.44. The molecular weight excluding hydrogens is 316 g/mol. The van der Waals surface area contributed by atoms with E-state index in [1.807, 2.05) is 36.9 Å². The summed E-state index contributed by atoms with van der Waals surface area (Å²) in [7, 11) is 0.